The zero-order valence-electron chi connectivity index (χ0n) is 16.1. The molecule has 0 aliphatic carbocycles. The van der Waals surface area contributed by atoms with Gasteiger partial charge in [-0.3, -0.25) is 9.59 Å². The molecule has 0 heterocycles. The summed E-state index contributed by atoms with van der Waals surface area (Å²) >= 11 is 0. The van der Waals surface area contributed by atoms with Crippen LogP contribution in [0.3, 0.4) is 0 Å². The minimum Gasteiger partial charge on any atom is -0.321 e. The number of benzene rings is 3. The Labute approximate surface area is 170 Å². The third kappa shape index (κ3) is 6.04. The van der Waals surface area contributed by atoms with Crippen LogP contribution in [0.4, 0.5) is 5.69 Å². The summed E-state index contributed by atoms with van der Waals surface area (Å²) < 4.78 is 0. The molecule has 0 atom stereocenters. The van der Waals surface area contributed by atoms with Crippen LogP contribution in [0.1, 0.15) is 21.5 Å². The average molecular weight is 382 g/mol. The van der Waals surface area contributed by atoms with Crippen molar-refractivity contribution in [1.82, 2.24) is 5.32 Å². The van der Waals surface area contributed by atoms with Gasteiger partial charge in [0.05, 0.1) is 0 Å². The van der Waals surface area contributed by atoms with Gasteiger partial charge in [-0.2, -0.15) is 0 Å². The molecule has 0 unspecified atom stereocenters. The summed E-state index contributed by atoms with van der Waals surface area (Å²) in [6, 6.07) is 26.0. The Kier molecular flexibility index (Phi) is 6.74. The maximum absolute atomic E-state index is 12.8. The quantitative estimate of drug-likeness (QED) is 0.468. The third-order valence-corrected chi connectivity index (χ3v) is 4.19. The topological polar surface area (TPSA) is 58.2 Å². The Morgan fingerprint density at radius 3 is 2.07 bits per heavy atom. The van der Waals surface area contributed by atoms with E-state index in [1.165, 1.54) is 0 Å². The Morgan fingerprint density at radius 1 is 0.793 bits per heavy atom. The standard InChI is InChI=1S/C25H22N2O2/c1-19-15-17-22(18-16-19)26-25(29)23(14-8-11-20-9-4-2-5-10-20)27-24(28)21-12-6-3-7-13-21/h2-18H,1H3,(H,26,29)(H,27,28)/b11-8+,23-14+. The van der Waals surface area contributed by atoms with Crippen LogP contribution in [-0.2, 0) is 4.79 Å². The fourth-order valence-electron chi connectivity index (χ4n) is 2.61. The molecule has 0 bridgehead atoms. The highest BCUT2D eigenvalue weighted by Gasteiger charge is 2.14. The van der Waals surface area contributed by atoms with Crippen LogP contribution >= 0.6 is 0 Å². The van der Waals surface area contributed by atoms with Crippen molar-refractivity contribution in [1.29, 1.82) is 0 Å². The van der Waals surface area contributed by atoms with Gasteiger partial charge >= 0.3 is 0 Å². The van der Waals surface area contributed by atoms with E-state index >= 15 is 0 Å². The van der Waals surface area contributed by atoms with Crippen LogP contribution in [0.2, 0.25) is 0 Å². The molecule has 0 aliphatic rings. The van der Waals surface area contributed by atoms with Crippen molar-refractivity contribution < 1.29 is 9.59 Å². The highest BCUT2D eigenvalue weighted by molar-refractivity contribution is 6.08. The van der Waals surface area contributed by atoms with Crippen molar-refractivity contribution in [2.24, 2.45) is 0 Å². The molecule has 0 saturated heterocycles. The van der Waals surface area contributed by atoms with Crippen LogP contribution < -0.4 is 10.6 Å². The normalized spacial score (nSPS) is 11.3. The lowest BCUT2D eigenvalue weighted by atomic mass is 10.2. The molecule has 3 rings (SSSR count). The molecular formula is C25H22N2O2. The second-order valence-corrected chi connectivity index (χ2v) is 6.49. The van der Waals surface area contributed by atoms with Crippen molar-refractivity contribution in [3.63, 3.8) is 0 Å². The van der Waals surface area contributed by atoms with E-state index < -0.39 is 5.91 Å². The lowest BCUT2D eigenvalue weighted by Gasteiger charge is -2.11. The van der Waals surface area contributed by atoms with Crippen LogP contribution in [0.25, 0.3) is 6.08 Å². The summed E-state index contributed by atoms with van der Waals surface area (Å²) in [5, 5.41) is 5.53. The fraction of sp³-hybridized carbons (Fsp3) is 0.0400. The second kappa shape index (κ2) is 9.85. The Morgan fingerprint density at radius 2 is 1.41 bits per heavy atom. The minimum atomic E-state index is -0.393. The maximum Gasteiger partial charge on any atom is 0.272 e. The van der Waals surface area contributed by atoms with Crippen LogP contribution in [0.5, 0.6) is 0 Å². The lowest BCUT2D eigenvalue weighted by Crippen LogP contribution is -2.30. The molecule has 29 heavy (non-hydrogen) atoms. The summed E-state index contributed by atoms with van der Waals surface area (Å²) in [5.41, 5.74) is 3.39. The van der Waals surface area contributed by atoms with E-state index in [1.54, 1.807) is 36.4 Å². The molecule has 0 radical (unpaired) electrons. The first-order chi connectivity index (χ1) is 14.1. The third-order valence-electron chi connectivity index (χ3n) is 4.19. The van der Waals surface area contributed by atoms with E-state index in [0.717, 1.165) is 11.1 Å². The van der Waals surface area contributed by atoms with E-state index in [2.05, 4.69) is 10.6 Å². The smallest absolute Gasteiger partial charge is 0.272 e. The van der Waals surface area contributed by atoms with Crippen molar-refractivity contribution in [2.75, 3.05) is 5.32 Å². The first kappa shape index (κ1) is 19.8. The summed E-state index contributed by atoms with van der Waals surface area (Å²) in [7, 11) is 0. The van der Waals surface area contributed by atoms with E-state index in [0.29, 0.717) is 11.3 Å². The molecule has 4 nitrogen and oxygen atoms in total. The molecule has 2 N–H and O–H groups in total. The number of amides is 2. The number of aryl methyl sites for hydroxylation is 1. The van der Waals surface area contributed by atoms with Gasteiger partial charge in [-0.05, 0) is 42.8 Å². The van der Waals surface area contributed by atoms with E-state index in [9.17, 15) is 9.59 Å². The lowest BCUT2D eigenvalue weighted by molar-refractivity contribution is -0.113. The van der Waals surface area contributed by atoms with Crippen molar-refractivity contribution in [2.45, 2.75) is 6.92 Å². The second-order valence-electron chi connectivity index (χ2n) is 6.49. The van der Waals surface area contributed by atoms with Crippen molar-refractivity contribution in [3.8, 4) is 0 Å². The Hall–Kier alpha value is -3.92. The summed E-state index contributed by atoms with van der Waals surface area (Å²) in [6.07, 6.45) is 5.20. The Bertz CT molecular complexity index is 1020. The van der Waals surface area contributed by atoms with Gasteiger partial charge in [-0.1, -0.05) is 78.4 Å². The van der Waals surface area contributed by atoms with Gasteiger partial charge in [0.15, 0.2) is 0 Å². The van der Waals surface area contributed by atoms with Gasteiger partial charge in [-0.25, -0.2) is 0 Å². The fourth-order valence-corrected chi connectivity index (χ4v) is 2.61. The molecule has 0 aliphatic heterocycles. The molecule has 144 valence electrons. The molecule has 0 saturated carbocycles. The van der Waals surface area contributed by atoms with Gasteiger partial charge < -0.3 is 10.6 Å². The first-order valence-corrected chi connectivity index (χ1v) is 9.29. The van der Waals surface area contributed by atoms with Crippen molar-refractivity contribution in [3.05, 3.63) is 119 Å². The molecular weight excluding hydrogens is 360 g/mol. The molecule has 0 aromatic heterocycles. The zero-order chi connectivity index (χ0) is 20.5. The van der Waals surface area contributed by atoms with Crippen LogP contribution in [-0.4, -0.2) is 11.8 Å². The molecule has 2 amide bonds. The van der Waals surface area contributed by atoms with Crippen LogP contribution in [0, 0.1) is 6.92 Å². The number of anilines is 1. The summed E-state index contributed by atoms with van der Waals surface area (Å²) in [6.45, 7) is 1.98. The number of nitrogens with one attached hydrogen (secondary N) is 2. The van der Waals surface area contributed by atoms with E-state index in [1.807, 2.05) is 73.7 Å². The van der Waals surface area contributed by atoms with E-state index in [-0.39, 0.29) is 11.6 Å². The van der Waals surface area contributed by atoms with Crippen molar-refractivity contribution >= 4 is 23.6 Å². The number of carbonyl (C=O) groups is 2. The predicted octanol–water partition coefficient (Wildman–Crippen LogP) is 4.96. The number of rotatable bonds is 6. The minimum absolute atomic E-state index is 0.159. The van der Waals surface area contributed by atoms with E-state index in [4.69, 9.17) is 0 Å². The van der Waals surface area contributed by atoms with Gasteiger partial charge in [0.2, 0.25) is 0 Å². The van der Waals surface area contributed by atoms with Gasteiger partial charge in [-0.15, -0.1) is 0 Å². The number of carbonyl (C=O) groups excluding carboxylic acids is 2. The van der Waals surface area contributed by atoms with Crippen LogP contribution in [0.15, 0.2) is 103 Å². The maximum atomic E-state index is 12.8. The molecule has 0 fully saturated rings. The van der Waals surface area contributed by atoms with Gasteiger partial charge in [0.1, 0.15) is 5.70 Å². The number of hydrogen-bond acceptors (Lipinski definition) is 2. The highest BCUT2D eigenvalue weighted by Crippen LogP contribution is 2.11. The van der Waals surface area contributed by atoms with Gasteiger partial charge in [0.25, 0.3) is 11.8 Å². The number of hydrogen-bond donors (Lipinski definition) is 2. The summed E-state index contributed by atoms with van der Waals surface area (Å²) in [4.78, 5) is 25.3. The molecule has 3 aromatic carbocycles. The monoisotopic (exact) mass is 382 g/mol. The molecule has 4 heteroatoms. The first-order valence-electron chi connectivity index (χ1n) is 9.29. The Balaban J connectivity index is 1.80. The average Bonchev–Trinajstić information content (AvgIpc) is 2.76. The molecule has 3 aromatic rings. The largest absolute Gasteiger partial charge is 0.321 e. The zero-order valence-corrected chi connectivity index (χ0v) is 16.1. The van der Waals surface area contributed by atoms with Gasteiger partial charge in [0, 0.05) is 11.3 Å². The highest BCUT2D eigenvalue weighted by atomic mass is 16.2. The summed E-state index contributed by atoms with van der Waals surface area (Å²) in [5.74, 6) is -0.736. The number of allylic oxidation sites excluding steroid dienone is 2. The predicted molar refractivity (Wildman–Crippen MR) is 117 cm³/mol. The molecule has 0 spiro atoms. The SMILES string of the molecule is Cc1ccc(NC(=O)/C(=C\C=C\c2ccccc2)NC(=O)c2ccccc2)cc1.